The number of hydrogen-bond acceptors (Lipinski definition) is 4. The van der Waals surface area contributed by atoms with Crippen LogP contribution in [0.25, 0.3) is 0 Å². The van der Waals surface area contributed by atoms with E-state index in [-0.39, 0.29) is 11.8 Å². The number of urea groups is 1. The molecule has 5 nitrogen and oxygen atoms in total. The summed E-state index contributed by atoms with van der Waals surface area (Å²) in [4.78, 5) is 25.5. The lowest BCUT2D eigenvalue weighted by Crippen LogP contribution is -2.34. The number of furan rings is 1. The maximum atomic E-state index is 12.1. The van der Waals surface area contributed by atoms with Crippen molar-refractivity contribution in [3.8, 4) is 0 Å². The van der Waals surface area contributed by atoms with Crippen LogP contribution >= 0.6 is 22.9 Å². The van der Waals surface area contributed by atoms with Gasteiger partial charge in [0, 0.05) is 16.4 Å². The predicted molar refractivity (Wildman–Crippen MR) is 97.0 cm³/mol. The van der Waals surface area contributed by atoms with Gasteiger partial charge in [-0.05, 0) is 42.0 Å². The molecule has 7 heteroatoms. The third kappa shape index (κ3) is 4.71. The van der Waals surface area contributed by atoms with Gasteiger partial charge >= 0.3 is 6.03 Å². The number of hydrogen-bond donors (Lipinski definition) is 2. The van der Waals surface area contributed by atoms with Crippen molar-refractivity contribution < 1.29 is 14.0 Å². The fourth-order valence-corrected chi connectivity index (χ4v) is 3.16. The Kier molecular flexibility index (Phi) is 5.53. The number of thiophene rings is 1. The average Bonchev–Trinajstić information content (AvgIpc) is 3.30. The summed E-state index contributed by atoms with van der Waals surface area (Å²) >= 11 is 7.15. The molecule has 2 amide bonds. The molecular weight excluding hydrogens is 360 g/mol. The predicted octanol–water partition coefficient (Wildman–Crippen LogP) is 4.22. The SMILES string of the molecule is O=C(NCc1ccc(Cl)cc1)NCc1ccc(C(=O)c2ccco2)s1. The van der Waals surface area contributed by atoms with Gasteiger partial charge in [0.25, 0.3) is 0 Å². The van der Waals surface area contributed by atoms with Gasteiger partial charge in [0.2, 0.25) is 5.78 Å². The Hall–Kier alpha value is -2.57. The molecule has 25 heavy (non-hydrogen) atoms. The van der Waals surface area contributed by atoms with Crippen molar-refractivity contribution >= 4 is 34.8 Å². The van der Waals surface area contributed by atoms with Crippen molar-refractivity contribution in [1.82, 2.24) is 10.6 Å². The van der Waals surface area contributed by atoms with Crippen LogP contribution in [0.2, 0.25) is 5.02 Å². The molecular formula is C18H15ClN2O3S. The molecule has 0 spiro atoms. The number of amides is 2. The highest BCUT2D eigenvalue weighted by Gasteiger charge is 2.14. The monoisotopic (exact) mass is 374 g/mol. The van der Waals surface area contributed by atoms with Gasteiger partial charge in [0.1, 0.15) is 0 Å². The van der Waals surface area contributed by atoms with E-state index in [4.69, 9.17) is 16.0 Å². The van der Waals surface area contributed by atoms with E-state index in [1.165, 1.54) is 17.6 Å². The second-order valence-electron chi connectivity index (χ2n) is 5.24. The van der Waals surface area contributed by atoms with Gasteiger partial charge < -0.3 is 15.1 Å². The van der Waals surface area contributed by atoms with Crippen molar-refractivity contribution in [2.45, 2.75) is 13.1 Å². The number of rotatable bonds is 6. The molecule has 0 unspecified atom stereocenters. The summed E-state index contributed by atoms with van der Waals surface area (Å²) in [6.07, 6.45) is 1.47. The third-order valence-corrected chi connectivity index (χ3v) is 4.76. The molecule has 3 aromatic rings. The molecule has 0 aliphatic heterocycles. The molecule has 128 valence electrons. The lowest BCUT2D eigenvalue weighted by molar-refractivity contribution is 0.101. The lowest BCUT2D eigenvalue weighted by atomic mass is 10.2. The summed E-state index contributed by atoms with van der Waals surface area (Å²) in [6.45, 7) is 0.762. The molecule has 0 saturated heterocycles. The Morgan fingerprint density at radius 1 is 1.00 bits per heavy atom. The first-order valence-electron chi connectivity index (χ1n) is 7.55. The second kappa shape index (κ2) is 8.00. The molecule has 0 aliphatic carbocycles. The summed E-state index contributed by atoms with van der Waals surface area (Å²) in [5.41, 5.74) is 0.960. The lowest BCUT2D eigenvalue weighted by Gasteiger charge is -2.07. The Bertz CT molecular complexity index is 857. The summed E-state index contributed by atoms with van der Waals surface area (Å²) in [6, 6.07) is 13.8. The highest BCUT2D eigenvalue weighted by molar-refractivity contribution is 7.14. The van der Waals surface area contributed by atoms with Crippen LogP contribution in [0.3, 0.4) is 0 Å². The van der Waals surface area contributed by atoms with Crippen molar-refractivity contribution in [2.75, 3.05) is 0 Å². The summed E-state index contributed by atoms with van der Waals surface area (Å²) < 4.78 is 5.11. The van der Waals surface area contributed by atoms with E-state index < -0.39 is 0 Å². The minimum atomic E-state index is -0.276. The smallest absolute Gasteiger partial charge is 0.315 e. The Morgan fingerprint density at radius 3 is 2.48 bits per heavy atom. The van der Waals surface area contributed by atoms with Gasteiger partial charge in [-0.2, -0.15) is 0 Å². The quantitative estimate of drug-likeness (QED) is 0.634. The van der Waals surface area contributed by atoms with Crippen LogP contribution in [0.1, 0.15) is 25.9 Å². The van der Waals surface area contributed by atoms with Crippen LogP contribution in [0.4, 0.5) is 4.79 Å². The molecule has 0 bridgehead atoms. The fourth-order valence-electron chi connectivity index (χ4n) is 2.14. The highest BCUT2D eigenvalue weighted by atomic mass is 35.5. The third-order valence-electron chi connectivity index (χ3n) is 3.42. The van der Waals surface area contributed by atoms with E-state index in [0.717, 1.165) is 10.4 Å². The summed E-state index contributed by atoms with van der Waals surface area (Å²) in [5, 5.41) is 6.20. The van der Waals surface area contributed by atoms with E-state index in [9.17, 15) is 9.59 Å². The molecule has 2 heterocycles. The van der Waals surface area contributed by atoms with Crippen LogP contribution in [0.15, 0.2) is 59.2 Å². The zero-order chi connectivity index (χ0) is 17.6. The second-order valence-corrected chi connectivity index (χ2v) is 6.84. The van der Waals surface area contributed by atoms with Gasteiger partial charge in [-0.3, -0.25) is 4.79 Å². The summed E-state index contributed by atoms with van der Waals surface area (Å²) in [7, 11) is 0. The first-order chi connectivity index (χ1) is 12.1. The van der Waals surface area contributed by atoms with Crippen molar-refractivity contribution in [1.29, 1.82) is 0 Å². The summed E-state index contributed by atoms with van der Waals surface area (Å²) in [5.74, 6) is 0.149. The molecule has 0 saturated carbocycles. The zero-order valence-electron chi connectivity index (χ0n) is 13.1. The van der Waals surface area contributed by atoms with E-state index in [0.29, 0.717) is 28.7 Å². The van der Waals surface area contributed by atoms with Crippen LogP contribution in [0.5, 0.6) is 0 Å². The number of halogens is 1. The topological polar surface area (TPSA) is 71.3 Å². The average molecular weight is 375 g/mol. The van der Waals surface area contributed by atoms with Crippen LogP contribution in [-0.2, 0) is 13.1 Å². The zero-order valence-corrected chi connectivity index (χ0v) is 14.7. The van der Waals surface area contributed by atoms with Crippen LogP contribution < -0.4 is 10.6 Å². The number of nitrogens with one attached hydrogen (secondary N) is 2. The molecule has 3 rings (SSSR count). The van der Waals surface area contributed by atoms with Crippen molar-refractivity contribution in [3.63, 3.8) is 0 Å². The Morgan fingerprint density at radius 2 is 1.76 bits per heavy atom. The Labute approximate surface area is 153 Å². The minimum Gasteiger partial charge on any atom is -0.461 e. The van der Waals surface area contributed by atoms with Gasteiger partial charge in [-0.1, -0.05) is 23.7 Å². The molecule has 0 radical (unpaired) electrons. The number of carbonyl (C=O) groups excluding carboxylic acids is 2. The Balaban J connectivity index is 1.47. The number of benzene rings is 1. The van der Waals surface area contributed by atoms with E-state index in [1.54, 1.807) is 30.3 Å². The maximum Gasteiger partial charge on any atom is 0.315 e. The molecule has 0 fully saturated rings. The minimum absolute atomic E-state index is 0.159. The number of carbonyl (C=O) groups is 2. The maximum absolute atomic E-state index is 12.1. The van der Waals surface area contributed by atoms with Gasteiger partial charge in [0.15, 0.2) is 5.76 Å². The van der Waals surface area contributed by atoms with Gasteiger partial charge in [-0.15, -0.1) is 11.3 Å². The molecule has 2 N–H and O–H groups in total. The van der Waals surface area contributed by atoms with Crippen molar-refractivity contribution in [2.24, 2.45) is 0 Å². The number of ketones is 1. The first-order valence-corrected chi connectivity index (χ1v) is 8.74. The van der Waals surface area contributed by atoms with Gasteiger partial charge in [0.05, 0.1) is 17.7 Å². The largest absolute Gasteiger partial charge is 0.461 e. The van der Waals surface area contributed by atoms with E-state index in [1.807, 2.05) is 18.2 Å². The molecule has 0 atom stereocenters. The highest BCUT2D eigenvalue weighted by Crippen LogP contribution is 2.20. The van der Waals surface area contributed by atoms with Crippen LogP contribution in [0, 0.1) is 0 Å². The normalized spacial score (nSPS) is 10.4. The van der Waals surface area contributed by atoms with Gasteiger partial charge in [-0.25, -0.2) is 4.79 Å². The van der Waals surface area contributed by atoms with Crippen molar-refractivity contribution in [3.05, 3.63) is 80.9 Å². The van der Waals surface area contributed by atoms with E-state index >= 15 is 0 Å². The molecule has 0 aliphatic rings. The molecule has 2 aromatic heterocycles. The standard InChI is InChI=1S/C18H15ClN2O3S/c19-13-5-3-12(4-6-13)10-20-18(23)21-11-14-7-8-16(25-14)17(22)15-2-1-9-24-15/h1-9H,10-11H2,(H2,20,21,23). The first kappa shape index (κ1) is 17.3. The van der Waals surface area contributed by atoms with E-state index in [2.05, 4.69) is 10.6 Å². The fraction of sp³-hybridized carbons (Fsp3) is 0.111. The molecule has 1 aromatic carbocycles. The van der Waals surface area contributed by atoms with Crippen LogP contribution in [-0.4, -0.2) is 11.8 Å².